The van der Waals surface area contributed by atoms with Crippen molar-refractivity contribution in [1.82, 2.24) is 15.5 Å². The molecule has 1 heterocycles. The number of nitrogens with zero attached hydrogens (tertiary/aromatic N) is 2. The van der Waals surface area contributed by atoms with Crippen LogP contribution in [-0.4, -0.2) is 77.1 Å². The molecule has 0 saturated carbocycles. The summed E-state index contributed by atoms with van der Waals surface area (Å²) in [5.41, 5.74) is 0. The molecule has 1 atom stereocenters. The summed E-state index contributed by atoms with van der Waals surface area (Å²) < 4.78 is 11.0. The Balaban J connectivity index is 0.00000529. The van der Waals surface area contributed by atoms with Crippen molar-refractivity contribution in [3.05, 3.63) is 0 Å². The topological polar surface area (TPSA) is 58.1 Å². The van der Waals surface area contributed by atoms with Crippen LogP contribution in [0.25, 0.3) is 0 Å². The third kappa shape index (κ3) is 12.3. The molecule has 6 nitrogen and oxygen atoms in total. The number of rotatable bonds is 10. The molecule has 1 unspecified atom stereocenters. The van der Waals surface area contributed by atoms with Crippen LogP contribution in [0.5, 0.6) is 0 Å². The van der Waals surface area contributed by atoms with E-state index in [9.17, 15) is 0 Å². The third-order valence-corrected chi connectivity index (χ3v) is 3.89. The molecule has 1 rings (SSSR count). The van der Waals surface area contributed by atoms with Gasteiger partial charge in [0, 0.05) is 46.4 Å². The normalized spacial score (nSPS) is 17.5. The van der Waals surface area contributed by atoms with Crippen molar-refractivity contribution in [2.45, 2.75) is 27.2 Å². The maximum absolute atomic E-state index is 5.60. The molecule has 0 aromatic carbocycles. The van der Waals surface area contributed by atoms with E-state index >= 15 is 0 Å². The van der Waals surface area contributed by atoms with E-state index in [2.05, 4.69) is 41.3 Å². The van der Waals surface area contributed by atoms with E-state index in [-0.39, 0.29) is 24.0 Å². The molecule has 0 aliphatic carbocycles. The SMILES string of the molecule is CN=C(NCCOCCC(C)C)NCC(C)CN1CCOCC1.I. The van der Waals surface area contributed by atoms with Gasteiger partial charge in [-0.15, -0.1) is 24.0 Å². The van der Waals surface area contributed by atoms with E-state index in [1.807, 2.05) is 7.05 Å². The average Bonchev–Trinajstić information content (AvgIpc) is 2.54. The van der Waals surface area contributed by atoms with Crippen molar-refractivity contribution >= 4 is 29.9 Å². The molecule has 144 valence electrons. The Bertz CT molecular complexity index is 324. The van der Waals surface area contributed by atoms with Crippen LogP contribution >= 0.6 is 24.0 Å². The summed E-state index contributed by atoms with van der Waals surface area (Å²) in [5.74, 6) is 2.13. The second kappa shape index (κ2) is 15.2. The predicted octanol–water partition coefficient (Wildman–Crippen LogP) is 1.80. The maximum atomic E-state index is 5.60. The van der Waals surface area contributed by atoms with Crippen LogP contribution < -0.4 is 10.6 Å². The molecule has 1 aliphatic rings. The number of nitrogens with one attached hydrogen (secondary N) is 2. The van der Waals surface area contributed by atoms with Crippen LogP contribution in [0.1, 0.15) is 27.2 Å². The van der Waals surface area contributed by atoms with Crippen molar-refractivity contribution < 1.29 is 9.47 Å². The summed E-state index contributed by atoms with van der Waals surface area (Å²) in [6, 6.07) is 0. The first-order valence-electron chi connectivity index (χ1n) is 8.94. The van der Waals surface area contributed by atoms with Gasteiger partial charge in [0.15, 0.2) is 5.96 Å². The molecule has 0 spiro atoms. The maximum Gasteiger partial charge on any atom is 0.191 e. The summed E-state index contributed by atoms with van der Waals surface area (Å²) in [6.07, 6.45) is 1.12. The highest BCUT2D eigenvalue weighted by Gasteiger charge is 2.13. The minimum absolute atomic E-state index is 0. The number of aliphatic imine (C=N–C) groups is 1. The number of hydrogen-bond donors (Lipinski definition) is 2. The summed E-state index contributed by atoms with van der Waals surface area (Å²) in [7, 11) is 1.81. The van der Waals surface area contributed by atoms with Crippen molar-refractivity contribution in [2.24, 2.45) is 16.8 Å². The molecule has 0 aromatic rings. The zero-order valence-electron chi connectivity index (χ0n) is 15.8. The van der Waals surface area contributed by atoms with Crippen molar-refractivity contribution in [3.8, 4) is 0 Å². The second-order valence-corrected chi connectivity index (χ2v) is 6.69. The number of hydrogen-bond acceptors (Lipinski definition) is 4. The number of guanidine groups is 1. The molecule has 1 fully saturated rings. The smallest absolute Gasteiger partial charge is 0.191 e. The van der Waals surface area contributed by atoms with E-state index in [1.165, 1.54) is 0 Å². The fraction of sp³-hybridized carbons (Fsp3) is 0.941. The average molecular weight is 456 g/mol. The monoisotopic (exact) mass is 456 g/mol. The van der Waals surface area contributed by atoms with Gasteiger partial charge in [-0.2, -0.15) is 0 Å². The van der Waals surface area contributed by atoms with Gasteiger partial charge in [0.05, 0.1) is 19.8 Å². The summed E-state index contributed by atoms with van der Waals surface area (Å²) in [5, 5.41) is 6.69. The molecular weight excluding hydrogens is 419 g/mol. The number of morpholine rings is 1. The summed E-state index contributed by atoms with van der Waals surface area (Å²) in [6.45, 7) is 14.9. The highest BCUT2D eigenvalue weighted by molar-refractivity contribution is 14.0. The quantitative estimate of drug-likeness (QED) is 0.227. The van der Waals surface area contributed by atoms with Gasteiger partial charge in [-0.05, 0) is 18.3 Å². The van der Waals surface area contributed by atoms with Gasteiger partial charge >= 0.3 is 0 Å². The fourth-order valence-corrected chi connectivity index (χ4v) is 2.44. The van der Waals surface area contributed by atoms with E-state index in [1.54, 1.807) is 0 Å². The van der Waals surface area contributed by atoms with Gasteiger partial charge in [-0.1, -0.05) is 20.8 Å². The number of ether oxygens (including phenoxy) is 2. The first-order valence-corrected chi connectivity index (χ1v) is 8.94. The summed E-state index contributed by atoms with van der Waals surface area (Å²) in [4.78, 5) is 6.72. The lowest BCUT2D eigenvalue weighted by Crippen LogP contribution is -2.44. The molecule has 1 aliphatic heterocycles. The van der Waals surface area contributed by atoms with Crippen molar-refractivity contribution in [2.75, 3.05) is 66.2 Å². The molecule has 0 radical (unpaired) electrons. The lowest BCUT2D eigenvalue weighted by molar-refractivity contribution is 0.0320. The first-order chi connectivity index (χ1) is 11.1. The molecule has 2 N–H and O–H groups in total. The fourth-order valence-electron chi connectivity index (χ4n) is 2.44. The molecular formula is C17H37IN4O2. The Morgan fingerprint density at radius 2 is 1.88 bits per heavy atom. The molecule has 0 bridgehead atoms. The Morgan fingerprint density at radius 1 is 1.17 bits per heavy atom. The van der Waals surface area contributed by atoms with Gasteiger partial charge < -0.3 is 20.1 Å². The Kier molecular flexibility index (Phi) is 15.1. The van der Waals surface area contributed by atoms with E-state index in [0.29, 0.717) is 11.8 Å². The van der Waals surface area contributed by atoms with Crippen LogP contribution in [0.4, 0.5) is 0 Å². The van der Waals surface area contributed by atoms with Crippen LogP contribution in [0.3, 0.4) is 0 Å². The van der Waals surface area contributed by atoms with E-state index in [0.717, 1.165) is 71.5 Å². The minimum Gasteiger partial charge on any atom is -0.380 e. The first kappa shape index (κ1) is 23.9. The third-order valence-electron chi connectivity index (χ3n) is 3.89. The summed E-state index contributed by atoms with van der Waals surface area (Å²) >= 11 is 0. The van der Waals surface area contributed by atoms with Crippen LogP contribution in [-0.2, 0) is 9.47 Å². The second-order valence-electron chi connectivity index (χ2n) is 6.69. The van der Waals surface area contributed by atoms with Crippen molar-refractivity contribution in [1.29, 1.82) is 0 Å². The molecule has 24 heavy (non-hydrogen) atoms. The van der Waals surface area contributed by atoms with Crippen molar-refractivity contribution in [3.63, 3.8) is 0 Å². The van der Waals surface area contributed by atoms with Gasteiger partial charge in [0.25, 0.3) is 0 Å². The zero-order chi connectivity index (χ0) is 16.9. The Labute approximate surface area is 165 Å². The molecule has 1 saturated heterocycles. The van der Waals surface area contributed by atoms with Crippen LogP contribution in [0, 0.1) is 11.8 Å². The zero-order valence-corrected chi connectivity index (χ0v) is 18.2. The molecule has 0 amide bonds. The van der Waals surface area contributed by atoms with Gasteiger partial charge in [0.2, 0.25) is 0 Å². The Hall–Kier alpha value is -0.120. The van der Waals surface area contributed by atoms with Crippen LogP contribution in [0.2, 0.25) is 0 Å². The molecule has 7 heteroatoms. The molecule has 0 aromatic heterocycles. The van der Waals surface area contributed by atoms with Gasteiger partial charge in [-0.25, -0.2) is 0 Å². The van der Waals surface area contributed by atoms with E-state index < -0.39 is 0 Å². The minimum atomic E-state index is 0. The standard InChI is InChI=1S/C17H36N4O2.HI/c1-15(2)5-9-22-10-6-19-17(18-4)20-13-16(3)14-21-7-11-23-12-8-21;/h15-16H,5-14H2,1-4H3,(H2,18,19,20);1H. The highest BCUT2D eigenvalue weighted by atomic mass is 127. The Morgan fingerprint density at radius 3 is 2.50 bits per heavy atom. The van der Waals surface area contributed by atoms with Gasteiger partial charge in [0.1, 0.15) is 0 Å². The lowest BCUT2D eigenvalue weighted by atomic mass is 10.1. The van der Waals surface area contributed by atoms with Gasteiger partial charge in [-0.3, -0.25) is 9.89 Å². The number of halogens is 1. The predicted molar refractivity (Wildman–Crippen MR) is 111 cm³/mol. The van der Waals surface area contributed by atoms with Crippen LogP contribution in [0.15, 0.2) is 4.99 Å². The lowest BCUT2D eigenvalue weighted by Gasteiger charge is -2.29. The highest BCUT2D eigenvalue weighted by Crippen LogP contribution is 2.02. The largest absolute Gasteiger partial charge is 0.380 e. The van der Waals surface area contributed by atoms with E-state index in [4.69, 9.17) is 9.47 Å².